The molecule has 6 rings (SSSR count). The molecule has 176 valence electrons. The zero-order chi connectivity index (χ0) is 25.0. The van der Waals surface area contributed by atoms with Crippen molar-refractivity contribution in [3.63, 3.8) is 0 Å². The zero-order valence-electron chi connectivity index (χ0n) is 19.5. The molecule has 2 aliphatic heterocycles. The molecule has 8 heteroatoms. The first-order valence-electron chi connectivity index (χ1n) is 11.3. The Kier molecular flexibility index (Phi) is 5.19. The van der Waals surface area contributed by atoms with E-state index in [1.165, 1.54) is 11.1 Å². The summed E-state index contributed by atoms with van der Waals surface area (Å²) in [4.78, 5) is 17.1. The van der Waals surface area contributed by atoms with Gasteiger partial charge < -0.3 is 4.57 Å². The largest absolute Gasteiger partial charge is 0.317 e. The Morgan fingerprint density at radius 3 is 2.58 bits per heavy atom. The molecule has 0 radical (unpaired) electrons. The predicted molar refractivity (Wildman–Crippen MR) is 143 cm³/mol. The minimum atomic E-state index is -0.515. The number of amides is 1. The van der Waals surface area contributed by atoms with Gasteiger partial charge in [0.2, 0.25) is 5.17 Å². The van der Waals surface area contributed by atoms with E-state index < -0.39 is 11.7 Å². The van der Waals surface area contributed by atoms with Gasteiger partial charge in [0.25, 0.3) is 5.91 Å². The van der Waals surface area contributed by atoms with Crippen molar-refractivity contribution in [3.8, 4) is 5.69 Å². The van der Waals surface area contributed by atoms with Crippen LogP contribution < -0.4 is 0 Å². The van der Waals surface area contributed by atoms with Crippen LogP contribution in [0.25, 0.3) is 22.5 Å². The van der Waals surface area contributed by atoms with Crippen LogP contribution in [0, 0.1) is 25.1 Å². The Hall–Kier alpha value is -4.30. The summed E-state index contributed by atoms with van der Waals surface area (Å²) in [5.74, 6) is -1.02. The van der Waals surface area contributed by atoms with Crippen LogP contribution in [-0.4, -0.2) is 31.5 Å². The lowest BCUT2D eigenvalue weighted by Crippen LogP contribution is -2.35. The number of benzene rings is 3. The second-order valence-corrected chi connectivity index (χ2v) is 9.52. The number of hydrogen-bond acceptors (Lipinski definition) is 4. The number of amidine groups is 2. The van der Waals surface area contributed by atoms with Gasteiger partial charge in [0.05, 0.1) is 11.3 Å². The molecule has 0 unspecified atom stereocenters. The molecule has 1 amide bonds. The molecule has 0 spiro atoms. The maximum atomic E-state index is 14.3. The minimum absolute atomic E-state index is 0.0844. The topological polar surface area (TPSA) is 73.8 Å². The van der Waals surface area contributed by atoms with Gasteiger partial charge in [-0.05, 0) is 66.9 Å². The molecule has 36 heavy (non-hydrogen) atoms. The number of carbonyl (C=O) groups excluding carboxylic acids is 1. The number of aromatic nitrogens is 1. The van der Waals surface area contributed by atoms with Crippen molar-refractivity contribution in [2.45, 2.75) is 13.8 Å². The van der Waals surface area contributed by atoms with Gasteiger partial charge in [0, 0.05) is 22.3 Å². The van der Waals surface area contributed by atoms with Crippen LogP contribution >= 0.6 is 11.8 Å². The van der Waals surface area contributed by atoms with Crippen molar-refractivity contribution in [2.75, 3.05) is 0 Å². The van der Waals surface area contributed by atoms with Gasteiger partial charge >= 0.3 is 0 Å². The van der Waals surface area contributed by atoms with Crippen LogP contribution in [0.1, 0.15) is 22.5 Å². The predicted octanol–water partition coefficient (Wildman–Crippen LogP) is 6.05. The minimum Gasteiger partial charge on any atom is -0.317 e. The van der Waals surface area contributed by atoms with E-state index in [-0.39, 0.29) is 16.6 Å². The number of hydrazone groups is 1. The van der Waals surface area contributed by atoms with E-state index in [0.29, 0.717) is 10.6 Å². The molecular weight excluding hydrogens is 473 g/mol. The number of aryl methyl sites for hydroxylation is 1. The number of carbonyl (C=O) groups is 1. The summed E-state index contributed by atoms with van der Waals surface area (Å²) in [7, 11) is 0. The summed E-state index contributed by atoms with van der Waals surface area (Å²) < 4.78 is 16.4. The molecule has 0 atom stereocenters. The first kappa shape index (κ1) is 22.2. The first-order chi connectivity index (χ1) is 17.4. The van der Waals surface area contributed by atoms with Gasteiger partial charge in [-0.25, -0.2) is 4.39 Å². The standard InChI is InChI=1S/C28H20FN5OS/c1-16-14-19(17(2)33(16)24-13-7-9-18-8-3-4-10-20(18)24)15-22-25(30)34-28(31-26(22)35)36-27(32-34)21-11-5-6-12-23(21)29/h3-15,30H,1-2H3. The number of rotatable bonds is 3. The number of nitrogens with zero attached hydrogens (tertiary/aromatic N) is 4. The maximum Gasteiger partial charge on any atom is 0.283 e. The molecule has 0 fully saturated rings. The highest BCUT2D eigenvalue weighted by Crippen LogP contribution is 2.33. The molecule has 2 aliphatic rings. The third-order valence-electron chi connectivity index (χ3n) is 6.34. The normalized spacial score (nSPS) is 16.5. The van der Waals surface area contributed by atoms with Gasteiger partial charge in [-0.1, -0.05) is 48.5 Å². The third kappa shape index (κ3) is 3.49. The molecule has 0 saturated carbocycles. The molecule has 1 N–H and O–H groups in total. The lowest BCUT2D eigenvalue weighted by atomic mass is 10.1. The van der Waals surface area contributed by atoms with E-state index in [9.17, 15) is 9.18 Å². The SMILES string of the molecule is Cc1cc(C=C2C(=N)N3N=C(c4ccccc4F)SC3=NC2=O)c(C)n1-c1cccc2ccccc12. The van der Waals surface area contributed by atoms with Crippen molar-refractivity contribution < 1.29 is 9.18 Å². The fourth-order valence-corrected chi connectivity index (χ4v) is 5.52. The van der Waals surface area contributed by atoms with Crippen molar-refractivity contribution in [1.82, 2.24) is 9.58 Å². The summed E-state index contributed by atoms with van der Waals surface area (Å²) in [6.07, 6.45) is 1.69. The van der Waals surface area contributed by atoms with Gasteiger partial charge in [-0.2, -0.15) is 15.1 Å². The number of halogens is 1. The fraction of sp³-hybridized carbons (Fsp3) is 0.0714. The van der Waals surface area contributed by atoms with Gasteiger partial charge in [0.1, 0.15) is 10.9 Å². The first-order valence-corrected chi connectivity index (χ1v) is 12.2. The Bertz CT molecular complexity index is 1690. The lowest BCUT2D eigenvalue weighted by molar-refractivity contribution is -0.114. The lowest BCUT2D eigenvalue weighted by Gasteiger charge is -2.20. The molecule has 3 heterocycles. The van der Waals surface area contributed by atoms with E-state index in [2.05, 4.69) is 38.9 Å². The number of nitrogens with one attached hydrogen (secondary N) is 1. The van der Waals surface area contributed by atoms with Crippen LogP contribution in [0.2, 0.25) is 0 Å². The highest BCUT2D eigenvalue weighted by Gasteiger charge is 2.36. The molecule has 1 aromatic heterocycles. The summed E-state index contributed by atoms with van der Waals surface area (Å²) >= 11 is 1.08. The molecule has 0 bridgehead atoms. The summed E-state index contributed by atoms with van der Waals surface area (Å²) in [6, 6.07) is 22.7. The summed E-state index contributed by atoms with van der Waals surface area (Å²) in [6.45, 7) is 4.01. The highest BCUT2D eigenvalue weighted by atomic mass is 32.2. The molecule has 4 aromatic rings. The average Bonchev–Trinajstić information content (AvgIpc) is 3.42. The van der Waals surface area contributed by atoms with Crippen LogP contribution in [0.4, 0.5) is 4.39 Å². The Morgan fingerprint density at radius 2 is 1.75 bits per heavy atom. The molecular formula is C28H20FN5OS. The second kappa shape index (κ2) is 8.42. The molecule has 6 nitrogen and oxygen atoms in total. The van der Waals surface area contributed by atoms with Gasteiger partial charge in [0.15, 0.2) is 5.84 Å². The van der Waals surface area contributed by atoms with Crippen molar-refractivity contribution >= 4 is 50.6 Å². The number of fused-ring (bicyclic) bond motifs is 2. The van der Waals surface area contributed by atoms with E-state index in [1.807, 2.05) is 38.1 Å². The highest BCUT2D eigenvalue weighted by molar-refractivity contribution is 8.27. The van der Waals surface area contributed by atoms with Crippen LogP contribution in [0.3, 0.4) is 0 Å². The number of hydrogen-bond donors (Lipinski definition) is 1. The van der Waals surface area contributed by atoms with E-state index in [0.717, 1.165) is 45.2 Å². The van der Waals surface area contributed by atoms with Crippen LogP contribution in [-0.2, 0) is 4.79 Å². The summed E-state index contributed by atoms with van der Waals surface area (Å²) in [5.41, 5.74) is 4.26. The monoisotopic (exact) mass is 493 g/mol. The van der Waals surface area contributed by atoms with Gasteiger partial charge in [-0.3, -0.25) is 10.2 Å². The molecule has 3 aromatic carbocycles. The Morgan fingerprint density at radius 1 is 1.00 bits per heavy atom. The summed E-state index contributed by atoms with van der Waals surface area (Å²) in [5, 5.41) is 17.3. The number of thioether (sulfide) groups is 1. The van der Waals surface area contributed by atoms with Crippen molar-refractivity contribution in [3.05, 3.63) is 107 Å². The number of aliphatic imine (C=N–C) groups is 1. The Labute approximate surface area is 211 Å². The smallest absolute Gasteiger partial charge is 0.283 e. The fourth-order valence-electron chi connectivity index (χ4n) is 4.60. The zero-order valence-corrected chi connectivity index (χ0v) is 20.3. The van der Waals surface area contributed by atoms with Crippen molar-refractivity contribution in [1.29, 1.82) is 5.41 Å². The van der Waals surface area contributed by atoms with E-state index >= 15 is 0 Å². The molecule has 0 aliphatic carbocycles. The van der Waals surface area contributed by atoms with Crippen LogP contribution in [0.15, 0.2) is 88.5 Å². The third-order valence-corrected chi connectivity index (χ3v) is 7.28. The molecule has 0 saturated heterocycles. The quantitative estimate of drug-likeness (QED) is 0.353. The Balaban J connectivity index is 1.40. The second-order valence-electron chi connectivity index (χ2n) is 8.57. The average molecular weight is 494 g/mol. The van der Waals surface area contributed by atoms with E-state index in [4.69, 9.17) is 5.41 Å². The van der Waals surface area contributed by atoms with Crippen molar-refractivity contribution in [2.24, 2.45) is 10.1 Å². The van der Waals surface area contributed by atoms with E-state index in [1.54, 1.807) is 24.3 Å². The maximum absolute atomic E-state index is 14.3. The van der Waals surface area contributed by atoms with Crippen LogP contribution in [0.5, 0.6) is 0 Å². The van der Waals surface area contributed by atoms with Gasteiger partial charge in [-0.15, -0.1) is 0 Å².